The van der Waals surface area contributed by atoms with Crippen LogP contribution in [0, 0.1) is 23.7 Å². The van der Waals surface area contributed by atoms with E-state index in [4.69, 9.17) is 16.3 Å². The first-order valence-corrected chi connectivity index (χ1v) is 15.9. The Morgan fingerprint density at radius 2 is 1.81 bits per heavy atom. The van der Waals surface area contributed by atoms with Crippen LogP contribution in [-0.4, -0.2) is 77.5 Å². The molecule has 0 radical (unpaired) electrons. The average molecular weight is 620 g/mol. The van der Waals surface area contributed by atoms with Gasteiger partial charge in [0.1, 0.15) is 11.6 Å². The van der Waals surface area contributed by atoms with Crippen molar-refractivity contribution in [1.29, 1.82) is 0 Å². The summed E-state index contributed by atoms with van der Waals surface area (Å²) in [4.78, 5) is 46.3. The predicted molar refractivity (Wildman–Crippen MR) is 166 cm³/mol. The minimum Gasteiger partial charge on any atom is -0.359 e. The molecule has 6 rings (SSSR count). The van der Waals surface area contributed by atoms with Gasteiger partial charge in [0.2, 0.25) is 17.7 Å². The first-order valence-electron chi connectivity index (χ1n) is 15.6. The van der Waals surface area contributed by atoms with Crippen LogP contribution in [0.2, 0.25) is 5.02 Å². The second-order valence-corrected chi connectivity index (χ2v) is 13.3. The number of likely N-dealkylation sites (tertiary alicyclic amines) is 2. The summed E-state index contributed by atoms with van der Waals surface area (Å²) < 4.78 is 6.53. The number of rotatable bonds is 7. The van der Waals surface area contributed by atoms with E-state index in [2.05, 4.69) is 29.4 Å². The Morgan fingerprint density at radius 3 is 2.55 bits per heavy atom. The molecule has 2 N–H and O–H groups in total. The van der Waals surface area contributed by atoms with Crippen LogP contribution < -0.4 is 10.6 Å². The fourth-order valence-corrected chi connectivity index (χ4v) is 8.15. The average Bonchev–Trinajstić information content (AvgIpc) is 3.49. The highest BCUT2D eigenvalue weighted by Crippen LogP contribution is 2.55. The third kappa shape index (κ3) is 5.72. The minimum absolute atomic E-state index is 0. The van der Waals surface area contributed by atoms with Crippen molar-refractivity contribution in [1.82, 2.24) is 15.1 Å². The lowest BCUT2D eigenvalue weighted by Gasteiger charge is -2.38. The van der Waals surface area contributed by atoms with Gasteiger partial charge in [-0.15, -0.1) is 12.4 Å². The molecule has 3 saturated heterocycles. The number of carbonyl (C=O) groups is 3. The van der Waals surface area contributed by atoms with Gasteiger partial charge in [-0.25, -0.2) is 0 Å². The summed E-state index contributed by atoms with van der Waals surface area (Å²) >= 11 is 6.15. The predicted octanol–water partition coefficient (Wildman–Crippen LogP) is 4.67. The molecule has 8 atom stereocenters. The molecule has 1 aliphatic carbocycles. The van der Waals surface area contributed by atoms with E-state index in [9.17, 15) is 14.4 Å². The molecule has 230 valence electrons. The highest BCUT2D eigenvalue weighted by Gasteiger charge is 2.72. The van der Waals surface area contributed by atoms with Gasteiger partial charge in [-0.05, 0) is 62.4 Å². The monoisotopic (exact) mass is 618 g/mol. The van der Waals surface area contributed by atoms with Gasteiger partial charge in [-0.1, -0.05) is 69.4 Å². The summed E-state index contributed by atoms with van der Waals surface area (Å²) in [5.74, 6) is -1.20. The van der Waals surface area contributed by atoms with E-state index in [0.717, 1.165) is 38.8 Å². The third-order valence-corrected chi connectivity index (χ3v) is 10.6. The van der Waals surface area contributed by atoms with E-state index in [-0.39, 0.29) is 36.2 Å². The van der Waals surface area contributed by atoms with Gasteiger partial charge in [0.25, 0.3) is 0 Å². The maximum atomic E-state index is 14.3. The van der Waals surface area contributed by atoms with E-state index >= 15 is 0 Å². The highest BCUT2D eigenvalue weighted by molar-refractivity contribution is 6.30. The number of amides is 3. The van der Waals surface area contributed by atoms with Gasteiger partial charge >= 0.3 is 0 Å². The molecule has 1 aromatic carbocycles. The number of hydrogen-bond acceptors (Lipinski definition) is 5. The van der Waals surface area contributed by atoms with Crippen molar-refractivity contribution in [2.75, 3.05) is 31.5 Å². The third-order valence-electron chi connectivity index (χ3n) is 10.4. The Kier molecular flexibility index (Phi) is 9.57. The number of ether oxygens (including phenoxy) is 1. The van der Waals surface area contributed by atoms with Gasteiger partial charge in [-0.2, -0.15) is 0 Å². The molecule has 4 fully saturated rings. The van der Waals surface area contributed by atoms with Crippen molar-refractivity contribution < 1.29 is 19.1 Å². The Bertz CT molecular complexity index is 1200. The SMILES string of the molecule is CC1CCCC(NC(=O)C2N(CCN3CCCCCC3)C(=O)C3C(C(=O)Nc4cccc(Cl)c4)C4C=CC32O4)C1C.Cl. The summed E-state index contributed by atoms with van der Waals surface area (Å²) in [7, 11) is 0. The maximum Gasteiger partial charge on any atom is 0.246 e. The normalized spacial score (nSPS) is 35.8. The molecule has 3 amide bonds. The van der Waals surface area contributed by atoms with Gasteiger partial charge in [0.05, 0.1) is 17.9 Å². The zero-order chi connectivity index (χ0) is 28.7. The molecule has 8 unspecified atom stereocenters. The van der Waals surface area contributed by atoms with Gasteiger partial charge < -0.3 is 25.2 Å². The van der Waals surface area contributed by atoms with Crippen molar-refractivity contribution in [2.24, 2.45) is 23.7 Å². The molecule has 4 aliphatic heterocycles. The lowest BCUT2D eigenvalue weighted by molar-refractivity contribution is -0.141. The smallest absolute Gasteiger partial charge is 0.246 e. The van der Waals surface area contributed by atoms with E-state index in [1.807, 2.05) is 12.2 Å². The van der Waals surface area contributed by atoms with Gasteiger partial charge in [0.15, 0.2) is 0 Å². The van der Waals surface area contributed by atoms with E-state index < -0.39 is 29.6 Å². The molecule has 42 heavy (non-hydrogen) atoms. The lowest BCUT2D eigenvalue weighted by Crippen LogP contribution is -2.58. The number of hydrogen-bond donors (Lipinski definition) is 2. The largest absolute Gasteiger partial charge is 0.359 e. The molecular weight excluding hydrogens is 575 g/mol. The molecule has 4 heterocycles. The molecule has 10 heteroatoms. The number of fused-ring (bicyclic) bond motifs is 1. The van der Waals surface area contributed by atoms with Gasteiger partial charge in [-0.3, -0.25) is 14.4 Å². The molecule has 8 nitrogen and oxygen atoms in total. The quantitative estimate of drug-likeness (QED) is 0.434. The van der Waals surface area contributed by atoms with E-state index in [1.165, 1.54) is 19.3 Å². The summed E-state index contributed by atoms with van der Waals surface area (Å²) in [6, 6.07) is 6.24. The highest BCUT2D eigenvalue weighted by atomic mass is 35.5. The fourth-order valence-electron chi connectivity index (χ4n) is 7.96. The second-order valence-electron chi connectivity index (χ2n) is 12.9. The molecule has 0 aromatic heterocycles. The molecule has 1 spiro atoms. The van der Waals surface area contributed by atoms with Crippen LogP contribution in [0.5, 0.6) is 0 Å². The zero-order valence-corrected chi connectivity index (χ0v) is 26.2. The lowest BCUT2D eigenvalue weighted by atomic mass is 9.73. The maximum absolute atomic E-state index is 14.3. The van der Waals surface area contributed by atoms with Crippen LogP contribution in [0.1, 0.15) is 58.8 Å². The first kappa shape index (κ1) is 31.3. The molecule has 5 aliphatic rings. The number of nitrogens with zero attached hydrogens (tertiary/aromatic N) is 2. The number of halogens is 2. The molecule has 1 saturated carbocycles. The van der Waals surface area contributed by atoms with Crippen LogP contribution in [0.4, 0.5) is 5.69 Å². The Morgan fingerprint density at radius 1 is 1.05 bits per heavy atom. The fraction of sp³-hybridized carbons (Fsp3) is 0.656. The first-order chi connectivity index (χ1) is 19.8. The topological polar surface area (TPSA) is 91.0 Å². The molecular formula is C32H44Cl2N4O4. The Labute approximate surface area is 260 Å². The Hall–Kier alpha value is -2.13. The zero-order valence-electron chi connectivity index (χ0n) is 24.6. The number of anilines is 1. The number of carbonyl (C=O) groups excluding carboxylic acids is 3. The standard InChI is InChI=1S/C32H43ClN4O4.ClH/c1-20-9-7-12-24(21(20)2)35-30(39)28-32-14-13-25(41-32)26(29(38)34-23-11-8-10-22(33)19-23)27(32)31(40)37(28)18-17-36-15-5-3-4-6-16-36;/h8,10-11,13-14,19-21,24-28H,3-7,9,12,15-18H2,1-2H3,(H,34,38)(H,35,39);1H. The summed E-state index contributed by atoms with van der Waals surface area (Å²) in [6.07, 6.45) is 11.2. The number of benzene rings is 1. The summed E-state index contributed by atoms with van der Waals surface area (Å²) in [5.41, 5.74) is -0.578. The van der Waals surface area contributed by atoms with Crippen molar-refractivity contribution in [3.63, 3.8) is 0 Å². The minimum atomic E-state index is -1.15. The summed E-state index contributed by atoms with van der Waals surface area (Å²) in [5, 5.41) is 6.81. The van der Waals surface area contributed by atoms with Crippen molar-refractivity contribution in [3.05, 3.63) is 41.4 Å². The molecule has 1 aromatic rings. The van der Waals surface area contributed by atoms with Crippen LogP contribution in [0.3, 0.4) is 0 Å². The van der Waals surface area contributed by atoms with Crippen LogP contribution >= 0.6 is 24.0 Å². The van der Waals surface area contributed by atoms with E-state index in [1.54, 1.807) is 29.2 Å². The molecule has 2 bridgehead atoms. The summed E-state index contributed by atoms with van der Waals surface area (Å²) in [6.45, 7) is 7.62. The number of nitrogens with one attached hydrogen (secondary N) is 2. The van der Waals surface area contributed by atoms with Crippen LogP contribution in [0.15, 0.2) is 36.4 Å². The van der Waals surface area contributed by atoms with Crippen LogP contribution in [0.25, 0.3) is 0 Å². The van der Waals surface area contributed by atoms with Crippen molar-refractivity contribution in [3.8, 4) is 0 Å². The van der Waals surface area contributed by atoms with Gasteiger partial charge in [0, 0.05) is 29.8 Å². The van der Waals surface area contributed by atoms with E-state index in [0.29, 0.717) is 35.6 Å². The van der Waals surface area contributed by atoms with Crippen LogP contribution in [-0.2, 0) is 19.1 Å². The second kappa shape index (κ2) is 12.8. The van der Waals surface area contributed by atoms with Crippen molar-refractivity contribution in [2.45, 2.75) is 82.6 Å². The van der Waals surface area contributed by atoms with Crippen molar-refractivity contribution >= 4 is 47.4 Å². The Balaban J connectivity index is 0.00000353.